The Morgan fingerprint density at radius 2 is 2.13 bits per heavy atom. The molecule has 0 aliphatic carbocycles. The highest BCUT2D eigenvalue weighted by atomic mass is 32.1. The number of rotatable bonds is 5. The molecule has 0 aliphatic heterocycles. The Kier molecular flexibility index (Phi) is 4.54. The van der Waals surface area contributed by atoms with Crippen molar-refractivity contribution in [2.24, 2.45) is 0 Å². The van der Waals surface area contributed by atoms with Gasteiger partial charge in [-0.15, -0.1) is 11.3 Å². The van der Waals surface area contributed by atoms with Gasteiger partial charge in [0.2, 0.25) is 0 Å². The molecular formula is C11H21N3S. The van der Waals surface area contributed by atoms with E-state index in [1.165, 1.54) is 0 Å². The molecule has 1 unspecified atom stereocenters. The molecule has 0 aromatic carbocycles. The van der Waals surface area contributed by atoms with Gasteiger partial charge in [-0.25, -0.2) is 4.98 Å². The lowest BCUT2D eigenvalue weighted by molar-refractivity contribution is 0.585. The minimum Gasteiger partial charge on any atom is -0.349 e. The van der Waals surface area contributed by atoms with E-state index < -0.39 is 0 Å². The fraction of sp³-hybridized carbons (Fsp3) is 0.727. The van der Waals surface area contributed by atoms with E-state index in [1.54, 1.807) is 11.3 Å². The zero-order chi connectivity index (χ0) is 11.4. The molecule has 0 bridgehead atoms. The summed E-state index contributed by atoms with van der Waals surface area (Å²) >= 11 is 1.71. The van der Waals surface area contributed by atoms with Crippen LogP contribution < -0.4 is 10.2 Å². The molecule has 0 saturated heterocycles. The van der Waals surface area contributed by atoms with Gasteiger partial charge in [0.05, 0.1) is 5.69 Å². The molecule has 0 aliphatic rings. The van der Waals surface area contributed by atoms with Gasteiger partial charge in [0.1, 0.15) is 0 Å². The minimum absolute atomic E-state index is 0.348. The van der Waals surface area contributed by atoms with Crippen molar-refractivity contribution in [2.45, 2.75) is 39.8 Å². The van der Waals surface area contributed by atoms with Crippen LogP contribution in [0.15, 0.2) is 5.38 Å². The van der Waals surface area contributed by atoms with Crippen molar-refractivity contribution in [3.05, 3.63) is 11.1 Å². The molecule has 3 nitrogen and oxygen atoms in total. The Balaban J connectivity index is 2.71. The Morgan fingerprint density at radius 1 is 1.47 bits per heavy atom. The van der Waals surface area contributed by atoms with Gasteiger partial charge in [-0.3, -0.25) is 0 Å². The minimum atomic E-state index is 0.348. The molecule has 1 N–H and O–H groups in total. The van der Waals surface area contributed by atoms with E-state index in [0.29, 0.717) is 12.1 Å². The van der Waals surface area contributed by atoms with Crippen LogP contribution in [0.2, 0.25) is 0 Å². The summed E-state index contributed by atoms with van der Waals surface area (Å²) in [6, 6.07) is 0.846. The quantitative estimate of drug-likeness (QED) is 0.838. The summed E-state index contributed by atoms with van der Waals surface area (Å²) in [5.74, 6) is 0. The van der Waals surface area contributed by atoms with Gasteiger partial charge < -0.3 is 10.2 Å². The Labute approximate surface area is 96.5 Å². The predicted molar refractivity (Wildman–Crippen MR) is 67.7 cm³/mol. The third kappa shape index (κ3) is 3.18. The van der Waals surface area contributed by atoms with Crippen molar-refractivity contribution in [3.8, 4) is 0 Å². The molecule has 0 amide bonds. The van der Waals surface area contributed by atoms with Gasteiger partial charge >= 0.3 is 0 Å². The number of nitrogens with one attached hydrogen (secondary N) is 1. The lowest BCUT2D eigenvalue weighted by atomic mass is 10.2. The average Bonchev–Trinajstić information content (AvgIpc) is 2.65. The first-order valence-corrected chi connectivity index (χ1v) is 6.35. The van der Waals surface area contributed by atoms with Gasteiger partial charge in [0, 0.05) is 24.5 Å². The van der Waals surface area contributed by atoms with Gasteiger partial charge in [-0.1, -0.05) is 6.92 Å². The lowest BCUT2D eigenvalue weighted by Gasteiger charge is -2.20. The molecule has 1 aromatic heterocycles. The predicted octanol–water partition coefficient (Wildman–Crippen LogP) is 2.66. The largest absolute Gasteiger partial charge is 0.349 e. The molecule has 1 rings (SSSR count). The van der Waals surface area contributed by atoms with E-state index in [0.717, 1.165) is 17.4 Å². The van der Waals surface area contributed by atoms with E-state index >= 15 is 0 Å². The summed E-state index contributed by atoms with van der Waals surface area (Å²) in [6.07, 6.45) is 0. The van der Waals surface area contributed by atoms with E-state index in [4.69, 9.17) is 0 Å². The lowest BCUT2D eigenvalue weighted by Crippen LogP contribution is -2.25. The first-order valence-electron chi connectivity index (χ1n) is 5.47. The topological polar surface area (TPSA) is 28.2 Å². The van der Waals surface area contributed by atoms with E-state index in [2.05, 4.69) is 55.3 Å². The monoisotopic (exact) mass is 227 g/mol. The number of nitrogens with zero attached hydrogens (tertiary/aromatic N) is 2. The summed E-state index contributed by atoms with van der Waals surface area (Å²) in [4.78, 5) is 6.83. The maximum atomic E-state index is 4.63. The van der Waals surface area contributed by atoms with Crippen LogP contribution in [-0.2, 0) is 0 Å². The zero-order valence-corrected chi connectivity index (χ0v) is 11.1. The molecule has 86 valence electrons. The van der Waals surface area contributed by atoms with E-state index in [-0.39, 0.29) is 0 Å². The number of hydrogen-bond donors (Lipinski definition) is 1. The van der Waals surface area contributed by atoms with Gasteiger partial charge in [0.15, 0.2) is 5.13 Å². The van der Waals surface area contributed by atoms with Crippen molar-refractivity contribution in [1.82, 2.24) is 10.3 Å². The normalized spacial score (nSPS) is 13.2. The molecule has 0 saturated carbocycles. The number of anilines is 1. The van der Waals surface area contributed by atoms with Crippen LogP contribution in [0.3, 0.4) is 0 Å². The van der Waals surface area contributed by atoms with Crippen LogP contribution in [0.25, 0.3) is 0 Å². The molecule has 1 aromatic rings. The standard InChI is InChI=1S/C11H21N3S/c1-6-12-9(4)10-7-15-11(13-10)14(5)8(2)3/h7-9,12H,6H2,1-5H3. The summed E-state index contributed by atoms with van der Waals surface area (Å²) in [6.45, 7) is 9.60. The summed E-state index contributed by atoms with van der Waals surface area (Å²) in [5.41, 5.74) is 1.14. The molecular weight excluding hydrogens is 206 g/mol. The van der Waals surface area contributed by atoms with Crippen LogP contribution in [-0.4, -0.2) is 24.6 Å². The van der Waals surface area contributed by atoms with Crippen LogP contribution in [0.1, 0.15) is 39.4 Å². The summed E-state index contributed by atoms with van der Waals surface area (Å²) < 4.78 is 0. The van der Waals surface area contributed by atoms with Crippen LogP contribution in [0.4, 0.5) is 5.13 Å². The third-order valence-electron chi connectivity index (χ3n) is 2.54. The number of thiazole rings is 1. The fourth-order valence-electron chi connectivity index (χ4n) is 1.27. The molecule has 0 radical (unpaired) electrons. The summed E-state index contributed by atoms with van der Waals surface area (Å²) in [5, 5.41) is 6.61. The Morgan fingerprint density at radius 3 is 2.67 bits per heavy atom. The van der Waals surface area contributed by atoms with Crippen molar-refractivity contribution in [1.29, 1.82) is 0 Å². The van der Waals surface area contributed by atoms with Crippen molar-refractivity contribution < 1.29 is 0 Å². The maximum absolute atomic E-state index is 4.63. The SMILES string of the molecule is CCNC(C)c1csc(N(C)C(C)C)n1. The van der Waals surface area contributed by atoms with E-state index in [9.17, 15) is 0 Å². The van der Waals surface area contributed by atoms with Crippen molar-refractivity contribution in [2.75, 3.05) is 18.5 Å². The summed E-state index contributed by atoms with van der Waals surface area (Å²) in [7, 11) is 2.09. The Hall–Kier alpha value is -0.610. The molecule has 0 spiro atoms. The average molecular weight is 227 g/mol. The zero-order valence-electron chi connectivity index (χ0n) is 10.2. The fourth-order valence-corrected chi connectivity index (χ4v) is 2.29. The highest BCUT2D eigenvalue weighted by Crippen LogP contribution is 2.24. The highest BCUT2D eigenvalue weighted by molar-refractivity contribution is 7.13. The molecule has 1 atom stereocenters. The van der Waals surface area contributed by atoms with Crippen LogP contribution in [0, 0.1) is 0 Å². The molecule has 4 heteroatoms. The van der Waals surface area contributed by atoms with Crippen LogP contribution >= 0.6 is 11.3 Å². The van der Waals surface area contributed by atoms with Crippen LogP contribution in [0.5, 0.6) is 0 Å². The van der Waals surface area contributed by atoms with Gasteiger partial charge in [-0.05, 0) is 27.3 Å². The number of aromatic nitrogens is 1. The third-order valence-corrected chi connectivity index (χ3v) is 3.49. The maximum Gasteiger partial charge on any atom is 0.185 e. The van der Waals surface area contributed by atoms with E-state index in [1.807, 2.05) is 0 Å². The highest BCUT2D eigenvalue weighted by Gasteiger charge is 2.12. The van der Waals surface area contributed by atoms with Gasteiger partial charge in [-0.2, -0.15) is 0 Å². The second-order valence-electron chi connectivity index (χ2n) is 4.04. The number of hydrogen-bond acceptors (Lipinski definition) is 4. The molecule has 1 heterocycles. The smallest absolute Gasteiger partial charge is 0.185 e. The molecule has 15 heavy (non-hydrogen) atoms. The van der Waals surface area contributed by atoms with Crippen molar-refractivity contribution >= 4 is 16.5 Å². The Bertz CT molecular complexity index is 296. The molecule has 0 fully saturated rings. The second kappa shape index (κ2) is 5.47. The second-order valence-corrected chi connectivity index (χ2v) is 4.88. The van der Waals surface area contributed by atoms with Gasteiger partial charge in [0.25, 0.3) is 0 Å². The first kappa shape index (κ1) is 12.5. The first-order chi connectivity index (χ1) is 7.06. The van der Waals surface area contributed by atoms with Crippen molar-refractivity contribution in [3.63, 3.8) is 0 Å².